The summed E-state index contributed by atoms with van der Waals surface area (Å²) in [4.78, 5) is 25.7. The van der Waals surface area contributed by atoms with Crippen LogP contribution in [0.4, 0.5) is 18.9 Å². The van der Waals surface area contributed by atoms with Gasteiger partial charge in [-0.2, -0.15) is 24.1 Å². The van der Waals surface area contributed by atoms with Crippen LogP contribution in [0.25, 0.3) is 10.9 Å². The Morgan fingerprint density at radius 2 is 2.03 bits per heavy atom. The minimum Gasteiger partial charge on any atom is -0.284 e. The van der Waals surface area contributed by atoms with E-state index in [0.29, 0.717) is 28.4 Å². The molecule has 0 bridgehead atoms. The van der Waals surface area contributed by atoms with E-state index < -0.39 is 29.4 Å². The van der Waals surface area contributed by atoms with Crippen LogP contribution >= 0.6 is 10.9 Å². The lowest BCUT2D eigenvalue weighted by Crippen LogP contribution is -2.10. The van der Waals surface area contributed by atoms with Crippen LogP contribution in [0.15, 0.2) is 74.8 Å². The van der Waals surface area contributed by atoms with Crippen LogP contribution in [0, 0.1) is 6.92 Å². The van der Waals surface area contributed by atoms with E-state index in [9.17, 15) is 18.0 Å². The number of carbonyl (C=O) groups excluding carboxylic acids is 1. The lowest BCUT2D eigenvalue weighted by molar-refractivity contribution is -0.132. The molecule has 1 amide bonds. The Hall–Kier alpha value is -3.36. The third kappa shape index (κ3) is 5.53. The summed E-state index contributed by atoms with van der Waals surface area (Å²) >= 11 is 0. The zero-order chi connectivity index (χ0) is 23.4. The summed E-state index contributed by atoms with van der Waals surface area (Å²) in [7, 11) is -0.903. The van der Waals surface area contributed by atoms with Crippen molar-refractivity contribution in [2.75, 3.05) is 12.3 Å². The summed E-state index contributed by atoms with van der Waals surface area (Å²) in [5, 5.41) is 9.19. The average molecular weight is 473 g/mol. The minimum atomic E-state index is -4.20. The van der Waals surface area contributed by atoms with Crippen molar-refractivity contribution in [3.05, 3.63) is 65.9 Å². The Labute approximate surface area is 190 Å². The van der Waals surface area contributed by atoms with E-state index in [0.717, 1.165) is 21.6 Å². The minimum absolute atomic E-state index is 0.0751. The number of carbonyl (C=O) groups is 1. The number of aliphatic imine (C=N–C) groups is 1. The molecule has 4 rings (SSSR count). The highest BCUT2D eigenvalue weighted by Gasteiger charge is 2.30. The molecule has 2 aromatic carbocycles. The number of benzene rings is 2. The monoisotopic (exact) mass is 472 g/mol. The fraction of sp³-hybridized carbons (Fsp3) is 0.261. The van der Waals surface area contributed by atoms with E-state index in [1.807, 2.05) is 18.2 Å². The van der Waals surface area contributed by atoms with Crippen LogP contribution < -0.4 is 4.91 Å². The van der Waals surface area contributed by atoms with Crippen molar-refractivity contribution in [2.45, 2.75) is 30.8 Å². The van der Waals surface area contributed by atoms with Crippen molar-refractivity contribution in [3.63, 3.8) is 0 Å². The van der Waals surface area contributed by atoms with Crippen molar-refractivity contribution >= 4 is 38.4 Å². The first-order valence-electron chi connectivity index (χ1n) is 10.3. The van der Waals surface area contributed by atoms with Crippen LogP contribution in [-0.4, -0.2) is 34.4 Å². The summed E-state index contributed by atoms with van der Waals surface area (Å²) < 4.78 is 37.8. The van der Waals surface area contributed by atoms with Gasteiger partial charge in [0.15, 0.2) is 10.8 Å². The number of alkyl halides is 3. The molecule has 0 fully saturated rings. The second-order valence-corrected chi connectivity index (χ2v) is 9.84. The average Bonchev–Trinajstić information content (AvgIpc) is 3.26. The zero-order valence-corrected chi connectivity index (χ0v) is 18.6. The maximum atomic E-state index is 12.6. The normalized spacial score (nSPS) is 16.8. The molecule has 33 heavy (non-hydrogen) atoms. The number of halogens is 3. The number of hydrogen-bond donors (Lipinski definition) is 1. The van der Waals surface area contributed by atoms with Gasteiger partial charge in [-0.15, -0.1) is 0 Å². The SMILES string of the molecule is Cc1cc([SH]2CCN=C2CCC(F)(F)F)ccc1C(=O)N=[N+]=Nc1cccc2ncccc12. The maximum Gasteiger partial charge on any atom is 0.389 e. The number of thiol groups is 1. The number of pyridine rings is 1. The van der Waals surface area contributed by atoms with Crippen LogP contribution in [0.2, 0.25) is 0 Å². The molecule has 0 N–H and O–H groups in total. The number of rotatable bonds is 5. The lowest BCUT2D eigenvalue weighted by atomic mass is 10.1. The Morgan fingerprint density at radius 3 is 2.82 bits per heavy atom. The molecule has 1 atom stereocenters. The summed E-state index contributed by atoms with van der Waals surface area (Å²) in [6.45, 7) is 2.32. The number of nitrogens with zero attached hydrogens (tertiary/aromatic N) is 5. The molecule has 6 nitrogen and oxygen atoms in total. The molecule has 0 spiro atoms. The Kier molecular flexibility index (Phi) is 6.67. The molecule has 170 valence electrons. The van der Waals surface area contributed by atoms with E-state index in [1.165, 1.54) is 0 Å². The molecular formula is C23H21F3N5OS+. The van der Waals surface area contributed by atoms with E-state index in [4.69, 9.17) is 0 Å². The highest BCUT2D eigenvalue weighted by atomic mass is 32.2. The van der Waals surface area contributed by atoms with Crippen LogP contribution in [0.3, 0.4) is 0 Å². The van der Waals surface area contributed by atoms with E-state index in [-0.39, 0.29) is 6.42 Å². The van der Waals surface area contributed by atoms with Gasteiger partial charge in [0, 0.05) is 36.7 Å². The molecule has 1 unspecified atom stereocenters. The Bertz CT molecular complexity index is 1290. The third-order valence-corrected chi connectivity index (χ3v) is 7.76. The topological polar surface area (TPSA) is 81.1 Å². The highest BCUT2D eigenvalue weighted by Crippen LogP contribution is 2.44. The fourth-order valence-corrected chi connectivity index (χ4v) is 6.00. The van der Waals surface area contributed by atoms with Gasteiger partial charge < -0.3 is 0 Å². The van der Waals surface area contributed by atoms with Crippen molar-refractivity contribution in [2.24, 2.45) is 15.2 Å². The van der Waals surface area contributed by atoms with Crippen molar-refractivity contribution < 1.29 is 18.0 Å². The predicted molar refractivity (Wildman–Crippen MR) is 124 cm³/mol. The molecular weight excluding hydrogens is 451 g/mol. The van der Waals surface area contributed by atoms with Crippen molar-refractivity contribution in [1.82, 2.24) is 9.90 Å². The van der Waals surface area contributed by atoms with Crippen LogP contribution in [-0.2, 0) is 0 Å². The molecule has 1 aliphatic rings. The first kappa shape index (κ1) is 22.8. The Balaban J connectivity index is 1.50. The number of aryl methyl sites for hydroxylation is 1. The number of hydrogen-bond acceptors (Lipinski definition) is 4. The van der Waals surface area contributed by atoms with Gasteiger partial charge in [-0.1, -0.05) is 6.07 Å². The van der Waals surface area contributed by atoms with Crippen molar-refractivity contribution in [3.8, 4) is 0 Å². The Morgan fingerprint density at radius 1 is 1.18 bits per heavy atom. The maximum absolute atomic E-state index is 12.6. The molecule has 2 heterocycles. The van der Waals surface area contributed by atoms with Crippen LogP contribution in [0.5, 0.6) is 0 Å². The van der Waals surface area contributed by atoms with Gasteiger partial charge in [0.05, 0.1) is 16.1 Å². The fourth-order valence-electron chi connectivity index (χ4n) is 3.63. The summed E-state index contributed by atoms with van der Waals surface area (Å²) in [6, 6.07) is 14.3. The van der Waals surface area contributed by atoms with Crippen molar-refractivity contribution in [1.29, 1.82) is 0 Å². The standard InChI is InChI=1S/C23H21F3N5OS/c1-15-14-16(33-13-12-28-21(33)9-10-23(24,25)26)7-8-17(15)22(32)30-31-29-20-6-2-5-19-18(20)4-3-11-27-19/h2-8,11,14,33H,9-10,12-13H2,1H3/q+1. The van der Waals surface area contributed by atoms with E-state index >= 15 is 0 Å². The van der Waals surface area contributed by atoms with E-state index in [1.54, 1.807) is 43.5 Å². The zero-order valence-electron chi connectivity index (χ0n) is 17.8. The molecule has 0 saturated heterocycles. The molecule has 1 aliphatic heterocycles. The second kappa shape index (κ2) is 9.64. The van der Waals surface area contributed by atoms with Gasteiger partial charge in [-0.3, -0.25) is 14.8 Å². The first-order chi connectivity index (χ1) is 15.8. The van der Waals surface area contributed by atoms with Gasteiger partial charge >= 0.3 is 12.1 Å². The summed E-state index contributed by atoms with van der Waals surface area (Å²) in [6.07, 6.45) is -3.45. The largest absolute Gasteiger partial charge is 0.389 e. The second-order valence-electron chi connectivity index (χ2n) is 7.51. The smallest absolute Gasteiger partial charge is 0.284 e. The molecule has 3 aromatic rings. The molecule has 1 aromatic heterocycles. The summed E-state index contributed by atoms with van der Waals surface area (Å²) in [5.74, 6) is 0.194. The van der Waals surface area contributed by atoms with Gasteiger partial charge in [0.1, 0.15) is 0 Å². The first-order valence-corrected chi connectivity index (χ1v) is 11.8. The van der Waals surface area contributed by atoms with Crippen LogP contribution in [0.1, 0.15) is 28.8 Å². The van der Waals surface area contributed by atoms with Gasteiger partial charge in [0.2, 0.25) is 10.0 Å². The highest BCUT2D eigenvalue weighted by molar-refractivity contribution is 8.30. The molecule has 0 aliphatic carbocycles. The third-order valence-electron chi connectivity index (χ3n) is 5.22. The number of fused-ring (bicyclic) bond motifs is 1. The molecule has 0 radical (unpaired) electrons. The van der Waals surface area contributed by atoms with E-state index in [2.05, 4.69) is 25.1 Å². The predicted octanol–water partition coefficient (Wildman–Crippen LogP) is 6.10. The molecule has 0 saturated carbocycles. The number of aromatic nitrogens is 1. The van der Waals surface area contributed by atoms with Gasteiger partial charge in [0.25, 0.3) is 0 Å². The summed E-state index contributed by atoms with van der Waals surface area (Å²) in [5.41, 5.74) is 2.38. The number of amides is 1. The quantitative estimate of drug-likeness (QED) is 0.276. The van der Waals surface area contributed by atoms with Gasteiger partial charge in [-0.05, 0) is 59.8 Å². The van der Waals surface area contributed by atoms with Gasteiger partial charge in [-0.25, -0.2) is 0 Å². The lowest BCUT2D eigenvalue weighted by Gasteiger charge is -2.19. The molecule has 10 heteroatoms.